The lowest BCUT2D eigenvalue weighted by Gasteiger charge is -2.33. The number of nitrogens with zero attached hydrogens (tertiary/aromatic N) is 1. The second-order valence-electron chi connectivity index (χ2n) is 10.4. The predicted molar refractivity (Wildman–Crippen MR) is 133 cm³/mol. The molecule has 1 saturated carbocycles. The third kappa shape index (κ3) is 8.56. The van der Waals surface area contributed by atoms with Gasteiger partial charge in [-0.05, 0) is 58.6 Å². The van der Waals surface area contributed by atoms with Crippen LogP contribution < -0.4 is 16.4 Å². The van der Waals surface area contributed by atoms with Crippen LogP contribution in [0.2, 0.25) is 0 Å². The van der Waals surface area contributed by atoms with Gasteiger partial charge in [-0.3, -0.25) is 14.4 Å². The molecule has 2 atom stereocenters. The van der Waals surface area contributed by atoms with E-state index in [0.29, 0.717) is 5.56 Å². The van der Waals surface area contributed by atoms with Gasteiger partial charge in [-0.15, -0.1) is 0 Å². The van der Waals surface area contributed by atoms with Crippen LogP contribution in [0.4, 0.5) is 4.79 Å². The van der Waals surface area contributed by atoms with Crippen molar-refractivity contribution in [3.05, 3.63) is 34.9 Å². The molecule has 9 nitrogen and oxygen atoms in total. The van der Waals surface area contributed by atoms with Crippen LogP contribution in [0.1, 0.15) is 82.0 Å². The van der Waals surface area contributed by atoms with Crippen molar-refractivity contribution in [2.45, 2.75) is 96.9 Å². The van der Waals surface area contributed by atoms with E-state index >= 15 is 0 Å². The molecule has 194 valence electrons. The van der Waals surface area contributed by atoms with Crippen LogP contribution in [0.3, 0.4) is 0 Å². The molecule has 1 aliphatic rings. The van der Waals surface area contributed by atoms with E-state index in [2.05, 4.69) is 10.6 Å². The molecule has 9 heteroatoms. The number of aryl methyl sites for hydroxylation is 2. The Morgan fingerprint density at radius 1 is 1.11 bits per heavy atom. The highest BCUT2D eigenvalue weighted by Crippen LogP contribution is 2.27. The molecular formula is C26H40N4O5. The number of amides is 4. The minimum absolute atomic E-state index is 0.0497. The Morgan fingerprint density at radius 2 is 1.74 bits per heavy atom. The summed E-state index contributed by atoms with van der Waals surface area (Å²) in [6, 6.07) is 3.56. The third-order valence-electron chi connectivity index (χ3n) is 6.06. The van der Waals surface area contributed by atoms with Crippen LogP contribution in [0.25, 0.3) is 0 Å². The summed E-state index contributed by atoms with van der Waals surface area (Å²) in [5.74, 6) is -1.67. The number of alkyl carbamates (subject to hydrolysis) is 1. The normalized spacial score (nSPS) is 16.1. The number of carbonyl (C=O) groups excluding carboxylic acids is 4. The Labute approximate surface area is 208 Å². The molecular weight excluding hydrogens is 448 g/mol. The molecule has 1 aromatic carbocycles. The van der Waals surface area contributed by atoms with E-state index in [9.17, 15) is 19.2 Å². The fourth-order valence-corrected chi connectivity index (χ4v) is 4.33. The van der Waals surface area contributed by atoms with Gasteiger partial charge in [0, 0.05) is 13.1 Å². The monoisotopic (exact) mass is 488 g/mol. The number of benzene rings is 1. The molecule has 2 rings (SSSR count). The van der Waals surface area contributed by atoms with Gasteiger partial charge in [0.2, 0.25) is 17.7 Å². The number of rotatable bonds is 8. The highest BCUT2D eigenvalue weighted by Gasteiger charge is 2.36. The van der Waals surface area contributed by atoms with Gasteiger partial charge in [0.15, 0.2) is 0 Å². The lowest BCUT2D eigenvalue weighted by molar-refractivity contribution is -0.142. The van der Waals surface area contributed by atoms with Gasteiger partial charge in [-0.25, -0.2) is 4.79 Å². The number of primary amides is 1. The fourth-order valence-electron chi connectivity index (χ4n) is 4.33. The smallest absolute Gasteiger partial charge is 0.408 e. The van der Waals surface area contributed by atoms with Crippen LogP contribution >= 0.6 is 0 Å². The van der Waals surface area contributed by atoms with Crippen LogP contribution in [0.15, 0.2) is 18.2 Å². The lowest BCUT2D eigenvalue weighted by Crippen LogP contribution is -2.53. The number of likely N-dealkylation sites (N-methyl/N-ethyl adjacent to an activating group) is 1. The first-order valence-corrected chi connectivity index (χ1v) is 12.2. The van der Waals surface area contributed by atoms with Gasteiger partial charge < -0.3 is 26.0 Å². The van der Waals surface area contributed by atoms with Gasteiger partial charge in [-0.2, -0.15) is 0 Å². The van der Waals surface area contributed by atoms with Crippen LogP contribution in [0.5, 0.6) is 0 Å². The molecule has 0 bridgehead atoms. The molecule has 0 heterocycles. The van der Waals surface area contributed by atoms with E-state index in [1.807, 2.05) is 32.0 Å². The quantitative estimate of drug-likeness (QED) is 0.518. The molecule has 1 aromatic rings. The molecule has 4 amide bonds. The molecule has 4 N–H and O–H groups in total. The van der Waals surface area contributed by atoms with E-state index in [1.165, 1.54) is 11.9 Å². The average molecular weight is 489 g/mol. The van der Waals surface area contributed by atoms with Crippen LogP contribution in [-0.2, 0) is 19.1 Å². The number of hydrogen-bond donors (Lipinski definition) is 3. The maximum Gasteiger partial charge on any atom is 0.408 e. The molecule has 0 aromatic heterocycles. The summed E-state index contributed by atoms with van der Waals surface area (Å²) in [4.78, 5) is 52.5. The minimum atomic E-state index is -1.28. The van der Waals surface area contributed by atoms with E-state index in [1.54, 1.807) is 20.8 Å². The van der Waals surface area contributed by atoms with Crippen molar-refractivity contribution in [3.63, 3.8) is 0 Å². The van der Waals surface area contributed by atoms with Gasteiger partial charge in [0.25, 0.3) is 0 Å². The Kier molecular flexibility index (Phi) is 9.68. The first-order chi connectivity index (χ1) is 16.3. The van der Waals surface area contributed by atoms with Crippen molar-refractivity contribution >= 4 is 23.8 Å². The van der Waals surface area contributed by atoms with Gasteiger partial charge in [-0.1, -0.05) is 43.0 Å². The Balaban J connectivity index is 2.37. The summed E-state index contributed by atoms with van der Waals surface area (Å²) in [6.07, 6.45) is 3.77. The largest absolute Gasteiger partial charge is 0.444 e. The number of ether oxygens (including phenoxy) is 1. The van der Waals surface area contributed by atoms with Gasteiger partial charge in [0.1, 0.15) is 17.7 Å². The molecule has 0 radical (unpaired) electrons. The molecule has 0 saturated heterocycles. The zero-order valence-electron chi connectivity index (χ0n) is 21.8. The topological polar surface area (TPSA) is 131 Å². The first kappa shape index (κ1) is 28.1. The Morgan fingerprint density at radius 3 is 2.31 bits per heavy atom. The number of nitrogens with one attached hydrogen (secondary N) is 2. The molecule has 35 heavy (non-hydrogen) atoms. The molecule has 1 fully saturated rings. The maximum absolute atomic E-state index is 13.6. The minimum Gasteiger partial charge on any atom is -0.444 e. The number of hydrogen-bond acceptors (Lipinski definition) is 5. The molecule has 0 spiro atoms. The summed E-state index contributed by atoms with van der Waals surface area (Å²) in [6.45, 7) is 8.87. The SMILES string of the molecule is Cc1ccc(C)c(C(C(=O)NC2CCCCC2)N(C)C(=O)C(CC(N)=O)NC(=O)OC(C)(C)C)c1. The molecule has 2 unspecified atom stereocenters. The van der Waals surface area contributed by atoms with Crippen molar-refractivity contribution in [1.82, 2.24) is 15.5 Å². The van der Waals surface area contributed by atoms with E-state index < -0.39 is 42.0 Å². The third-order valence-corrected chi connectivity index (χ3v) is 6.06. The summed E-state index contributed by atoms with van der Waals surface area (Å²) in [5, 5.41) is 5.57. The Hall–Kier alpha value is -3.10. The first-order valence-electron chi connectivity index (χ1n) is 12.2. The van der Waals surface area contributed by atoms with E-state index in [4.69, 9.17) is 10.5 Å². The average Bonchev–Trinajstić information content (AvgIpc) is 2.74. The summed E-state index contributed by atoms with van der Waals surface area (Å²) in [5.41, 5.74) is 7.06. The number of nitrogens with two attached hydrogens (primary N) is 1. The summed E-state index contributed by atoms with van der Waals surface area (Å²) >= 11 is 0. The van der Waals surface area contributed by atoms with Gasteiger partial charge in [0.05, 0.1) is 6.42 Å². The Bertz CT molecular complexity index is 934. The van der Waals surface area contributed by atoms with Crippen molar-refractivity contribution in [3.8, 4) is 0 Å². The lowest BCUT2D eigenvalue weighted by atomic mass is 9.93. The van der Waals surface area contributed by atoms with Crippen LogP contribution in [-0.4, -0.2) is 53.4 Å². The standard InChI is InChI=1S/C26H40N4O5/c1-16-12-13-17(2)19(14-16)22(23(32)28-18-10-8-7-9-11-18)30(6)24(33)20(15-21(27)31)29-25(34)35-26(3,4)5/h12-14,18,20,22H,7-11,15H2,1-6H3,(H2,27,31)(H,28,32)(H,29,34). The van der Waals surface area contributed by atoms with Crippen molar-refractivity contribution < 1.29 is 23.9 Å². The van der Waals surface area contributed by atoms with Crippen LogP contribution in [0, 0.1) is 13.8 Å². The summed E-state index contributed by atoms with van der Waals surface area (Å²) < 4.78 is 5.26. The number of carbonyl (C=O) groups is 4. The van der Waals surface area contributed by atoms with Crippen molar-refractivity contribution in [1.29, 1.82) is 0 Å². The van der Waals surface area contributed by atoms with E-state index in [0.717, 1.165) is 43.2 Å². The van der Waals surface area contributed by atoms with Crippen molar-refractivity contribution in [2.75, 3.05) is 7.05 Å². The fraction of sp³-hybridized carbons (Fsp3) is 0.615. The second kappa shape index (κ2) is 12.0. The molecule has 0 aliphatic heterocycles. The summed E-state index contributed by atoms with van der Waals surface area (Å²) in [7, 11) is 1.50. The highest BCUT2D eigenvalue weighted by atomic mass is 16.6. The highest BCUT2D eigenvalue weighted by molar-refractivity contribution is 5.94. The zero-order chi connectivity index (χ0) is 26.3. The predicted octanol–water partition coefficient (Wildman–Crippen LogP) is 3.02. The second-order valence-corrected chi connectivity index (χ2v) is 10.4. The van der Waals surface area contributed by atoms with E-state index in [-0.39, 0.29) is 11.9 Å². The van der Waals surface area contributed by atoms with Gasteiger partial charge >= 0.3 is 6.09 Å². The maximum atomic E-state index is 13.6. The van der Waals surface area contributed by atoms with Crippen molar-refractivity contribution in [2.24, 2.45) is 5.73 Å². The zero-order valence-corrected chi connectivity index (χ0v) is 21.8. The molecule has 1 aliphatic carbocycles.